The molecule has 0 radical (unpaired) electrons. The van der Waals surface area contributed by atoms with Crippen molar-refractivity contribution in [1.82, 2.24) is 0 Å². The lowest BCUT2D eigenvalue weighted by molar-refractivity contribution is -0.421. The Morgan fingerprint density at radius 2 is 1.73 bits per heavy atom. The molecule has 80 valence electrons. The van der Waals surface area contributed by atoms with E-state index in [1.807, 2.05) is 0 Å². The summed E-state index contributed by atoms with van der Waals surface area (Å²) in [4.78, 5) is 21.3. The van der Waals surface area contributed by atoms with Crippen LogP contribution in [0.5, 0.6) is 0 Å². The zero-order chi connectivity index (χ0) is 11.6. The van der Waals surface area contributed by atoms with E-state index >= 15 is 0 Å². The van der Waals surface area contributed by atoms with Crippen LogP contribution in [0.25, 0.3) is 0 Å². The third-order valence-corrected chi connectivity index (χ3v) is 1.85. The quantitative estimate of drug-likeness (QED) is 0.559. The summed E-state index contributed by atoms with van der Waals surface area (Å²) in [5, 5.41) is 21.3. The maximum Gasteiger partial charge on any atom is 0.368 e. The fourth-order valence-electron chi connectivity index (χ4n) is 1.21. The highest BCUT2D eigenvalue weighted by atomic mass is 16.6. The molecule has 0 aromatic heterocycles. The Balaban J connectivity index is 3.48. The van der Waals surface area contributed by atoms with Crippen molar-refractivity contribution in [2.24, 2.45) is 0 Å². The molecule has 0 saturated heterocycles. The van der Waals surface area contributed by atoms with Gasteiger partial charge in [0, 0.05) is 20.2 Å². The molecule has 0 amide bonds. The minimum atomic E-state index is -0.759. The number of nitro groups is 2. The summed E-state index contributed by atoms with van der Waals surface area (Å²) in [7, 11) is 3.18. The molecule has 15 heavy (non-hydrogen) atoms. The van der Waals surface area contributed by atoms with E-state index in [9.17, 15) is 20.2 Å². The highest BCUT2D eigenvalue weighted by Gasteiger charge is 2.28. The van der Waals surface area contributed by atoms with E-state index in [1.165, 1.54) is 17.0 Å². The van der Waals surface area contributed by atoms with Gasteiger partial charge in [0.25, 0.3) is 0 Å². The molecule has 0 fully saturated rings. The Labute approximate surface area is 85.2 Å². The van der Waals surface area contributed by atoms with Gasteiger partial charge >= 0.3 is 11.4 Å². The van der Waals surface area contributed by atoms with Crippen LogP contribution in [0.3, 0.4) is 0 Å². The average molecular weight is 211 g/mol. The fourth-order valence-corrected chi connectivity index (χ4v) is 1.21. The molecule has 0 spiro atoms. The molecular formula is C8H9N3O4. The van der Waals surface area contributed by atoms with Crippen molar-refractivity contribution in [3.8, 4) is 0 Å². The first kappa shape index (κ1) is 10.9. The maximum atomic E-state index is 10.7. The number of benzene rings is 1. The SMILES string of the molecule is CN(C)c1cccc([N+](=O)[O-])c1[N+](=O)[O-]. The smallest absolute Gasteiger partial charge is 0.368 e. The van der Waals surface area contributed by atoms with Crippen LogP contribution in [0.1, 0.15) is 0 Å². The lowest BCUT2D eigenvalue weighted by Crippen LogP contribution is -2.11. The number of nitro benzene ring substituents is 2. The summed E-state index contributed by atoms with van der Waals surface area (Å²) in [6.45, 7) is 0. The maximum absolute atomic E-state index is 10.7. The molecule has 0 unspecified atom stereocenters. The Kier molecular flexibility index (Phi) is 2.84. The van der Waals surface area contributed by atoms with E-state index in [0.717, 1.165) is 6.07 Å². The number of rotatable bonds is 3. The van der Waals surface area contributed by atoms with E-state index in [2.05, 4.69) is 0 Å². The van der Waals surface area contributed by atoms with Gasteiger partial charge in [-0.25, -0.2) is 0 Å². The largest absolute Gasteiger partial charge is 0.372 e. The Bertz CT molecular complexity index is 416. The second-order valence-corrected chi connectivity index (χ2v) is 3.05. The van der Waals surface area contributed by atoms with Crippen LogP contribution in [-0.2, 0) is 0 Å². The van der Waals surface area contributed by atoms with E-state index in [-0.39, 0.29) is 5.69 Å². The molecule has 0 saturated carbocycles. The summed E-state index contributed by atoms with van der Waals surface area (Å²) >= 11 is 0. The van der Waals surface area contributed by atoms with E-state index in [4.69, 9.17) is 0 Å². The van der Waals surface area contributed by atoms with Crippen LogP contribution >= 0.6 is 0 Å². The molecule has 0 heterocycles. The van der Waals surface area contributed by atoms with Crippen molar-refractivity contribution < 1.29 is 9.85 Å². The number of nitrogens with zero attached hydrogens (tertiary/aromatic N) is 3. The van der Waals surface area contributed by atoms with Gasteiger partial charge in [0.15, 0.2) is 0 Å². The van der Waals surface area contributed by atoms with Crippen molar-refractivity contribution in [1.29, 1.82) is 0 Å². The van der Waals surface area contributed by atoms with Gasteiger partial charge < -0.3 is 4.90 Å². The van der Waals surface area contributed by atoms with Gasteiger partial charge in [-0.3, -0.25) is 20.2 Å². The summed E-state index contributed by atoms with van der Waals surface area (Å²) < 4.78 is 0. The van der Waals surface area contributed by atoms with Crippen molar-refractivity contribution >= 4 is 17.1 Å². The van der Waals surface area contributed by atoms with Crippen molar-refractivity contribution in [2.45, 2.75) is 0 Å². The normalized spacial score (nSPS) is 9.73. The van der Waals surface area contributed by atoms with E-state index in [1.54, 1.807) is 14.1 Å². The second kappa shape index (κ2) is 3.91. The van der Waals surface area contributed by atoms with Crippen molar-refractivity contribution in [3.05, 3.63) is 38.4 Å². The summed E-state index contributed by atoms with van der Waals surface area (Å²) in [6, 6.07) is 4.00. The van der Waals surface area contributed by atoms with Crippen molar-refractivity contribution in [2.75, 3.05) is 19.0 Å². The zero-order valence-corrected chi connectivity index (χ0v) is 8.21. The first-order valence-electron chi connectivity index (χ1n) is 4.04. The third kappa shape index (κ3) is 2.01. The van der Waals surface area contributed by atoms with E-state index in [0.29, 0.717) is 0 Å². The molecular weight excluding hydrogens is 202 g/mol. The first-order chi connectivity index (χ1) is 6.95. The van der Waals surface area contributed by atoms with Crippen LogP contribution in [0.15, 0.2) is 18.2 Å². The predicted molar refractivity (Wildman–Crippen MR) is 54.1 cm³/mol. The average Bonchev–Trinajstić information content (AvgIpc) is 2.16. The standard InChI is InChI=1S/C8H9N3O4/c1-9(2)6-4-3-5-7(10(12)13)8(6)11(14)15/h3-5H,1-2H3. The monoisotopic (exact) mass is 211 g/mol. The molecule has 1 rings (SSSR count). The van der Waals surface area contributed by atoms with Gasteiger partial charge in [-0.2, -0.15) is 0 Å². The summed E-state index contributed by atoms with van der Waals surface area (Å²) in [6.07, 6.45) is 0. The molecule has 0 atom stereocenters. The van der Waals surface area contributed by atoms with Gasteiger partial charge in [0.2, 0.25) is 0 Å². The Morgan fingerprint density at radius 1 is 1.13 bits per heavy atom. The van der Waals surface area contributed by atoms with Gasteiger partial charge in [-0.15, -0.1) is 0 Å². The molecule has 1 aromatic rings. The molecule has 0 bridgehead atoms. The topological polar surface area (TPSA) is 89.5 Å². The minimum Gasteiger partial charge on any atom is -0.372 e. The molecule has 1 aromatic carbocycles. The lowest BCUT2D eigenvalue weighted by atomic mass is 10.2. The predicted octanol–water partition coefficient (Wildman–Crippen LogP) is 1.57. The molecule has 0 aliphatic rings. The summed E-state index contributed by atoms with van der Waals surface area (Å²) in [5.74, 6) is 0. The van der Waals surface area contributed by atoms with Crippen LogP contribution in [0.4, 0.5) is 17.1 Å². The third-order valence-electron chi connectivity index (χ3n) is 1.85. The zero-order valence-electron chi connectivity index (χ0n) is 8.21. The number of para-hydroxylation sites is 1. The molecule has 7 nitrogen and oxygen atoms in total. The first-order valence-corrected chi connectivity index (χ1v) is 4.04. The van der Waals surface area contributed by atoms with Crippen molar-refractivity contribution in [3.63, 3.8) is 0 Å². The van der Waals surface area contributed by atoms with Crippen LogP contribution in [0.2, 0.25) is 0 Å². The minimum absolute atomic E-state index is 0.217. The van der Waals surface area contributed by atoms with Crippen LogP contribution < -0.4 is 4.90 Å². The highest BCUT2D eigenvalue weighted by Crippen LogP contribution is 2.35. The van der Waals surface area contributed by atoms with Gasteiger partial charge in [0.1, 0.15) is 5.69 Å². The van der Waals surface area contributed by atoms with E-state index < -0.39 is 21.2 Å². The van der Waals surface area contributed by atoms with Gasteiger partial charge in [0.05, 0.1) is 9.85 Å². The van der Waals surface area contributed by atoms with Crippen LogP contribution in [0, 0.1) is 20.2 Å². The molecule has 0 aliphatic carbocycles. The Morgan fingerprint density at radius 3 is 2.13 bits per heavy atom. The fraction of sp³-hybridized carbons (Fsp3) is 0.250. The number of anilines is 1. The second-order valence-electron chi connectivity index (χ2n) is 3.05. The molecule has 0 N–H and O–H groups in total. The molecule has 7 heteroatoms. The number of hydrogen-bond donors (Lipinski definition) is 0. The van der Waals surface area contributed by atoms with Gasteiger partial charge in [-0.05, 0) is 6.07 Å². The number of hydrogen-bond acceptors (Lipinski definition) is 5. The lowest BCUT2D eigenvalue weighted by Gasteiger charge is -2.11. The van der Waals surface area contributed by atoms with Gasteiger partial charge in [-0.1, -0.05) is 6.07 Å². The summed E-state index contributed by atoms with van der Waals surface area (Å²) in [5.41, 5.74) is -0.757. The molecule has 0 aliphatic heterocycles. The Hall–Kier alpha value is -2.18. The highest BCUT2D eigenvalue weighted by molar-refractivity contribution is 5.72. The van der Waals surface area contributed by atoms with Crippen LogP contribution in [-0.4, -0.2) is 23.9 Å².